The molecule has 0 unspecified atom stereocenters. The van der Waals surface area contributed by atoms with E-state index >= 15 is 0 Å². The van der Waals surface area contributed by atoms with Crippen molar-refractivity contribution < 1.29 is 13.2 Å². The highest BCUT2D eigenvalue weighted by molar-refractivity contribution is 5.52. The van der Waals surface area contributed by atoms with Gasteiger partial charge in [0.15, 0.2) is 0 Å². The average molecular weight is 271 g/mol. The maximum Gasteiger partial charge on any atom is 0.416 e. The second-order valence-electron chi connectivity index (χ2n) is 3.99. The molecule has 0 N–H and O–H groups in total. The highest BCUT2D eigenvalue weighted by atomic mass is 19.4. The second kappa shape index (κ2) is 5.50. The van der Waals surface area contributed by atoms with Crippen LogP contribution in [0, 0.1) is 23.2 Å². The fraction of sp³-hybridized carbons (Fsp3) is 0.0625. The summed E-state index contributed by atoms with van der Waals surface area (Å²) in [4.78, 5) is 0. The zero-order chi connectivity index (χ0) is 14.6. The van der Waals surface area contributed by atoms with Crippen LogP contribution in [0.25, 0.3) is 0 Å². The minimum absolute atomic E-state index is 0.0803. The first-order valence-electron chi connectivity index (χ1n) is 5.69. The van der Waals surface area contributed by atoms with Gasteiger partial charge in [-0.2, -0.15) is 18.4 Å². The van der Waals surface area contributed by atoms with Crippen molar-refractivity contribution in [3.8, 4) is 17.9 Å². The lowest BCUT2D eigenvalue weighted by Gasteiger charge is -2.07. The highest BCUT2D eigenvalue weighted by Gasteiger charge is 2.30. The van der Waals surface area contributed by atoms with Gasteiger partial charge in [-0.3, -0.25) is 0 Å². The maximum atomic E-state index is 12.5. The van der Waals surface area contributed by atoms with Gasteiger partial charge in [0.05, 0.1) is 11.1 Å². The molecule has 0 heterocycles. The molecule has 0 amide bonds. The van der Waals surface area contributed by atoms with E-state index in [4.69, 9.17) is 5.26 Å². The number of hydrogen-bond acceptors (Lipinski definition) is 1. The van der Waals surface area contributed by atoms with Crippen molar-refractivity contribution in [2.75, 3.05) is 0 Å². The lowest BCUT2D eigenvalue weighted by atomic mass is 10.0. The third-order valence-electron chi connectivity index (χ3n) is 2.58. The molecule has 4 heteroatoms. The van der Waals surface area contributed by atoms with Gasteiger partial charge in [0.1, 0.15) is 6.07 Å². The second-order valence-corrected chi connectivity index (χ2v) is 3.99. The molecule has 0 aromatic heterocycles. The van der Waals surface area contributed by atoms with Gasteiger partial charge in [-0.25, -0.2) is 0 Å². The van der Waals surface area contributed by atoms with Crippen LogP contribution >= 0.6 is 0 Å². The number of rotatable bonds is 0. The Morgan fingerprint density at radius 3 is 2.15 bits per heavy atom. The smallest absolute Gasteiger partial charge is 0.192 e. The maximum absolute atomic E-state index is 12.5. The lowest BCUT2D eigenvalue weighted by Crippen LogP contribution is -2.05. The Hall–Kier alpha value is -2.72. The SMILES string of the molecule is N#Cc1cc(C(F)(F)F)ccc1C#Cc1ccccc1. The molecule has 0 saturated heterocycles. The first-order chi connectivity index (χ1) is 9.50. The summed E-state index contributed by atoms with van der Waals surface area (Å²) in [7, 11) is 0. The summed E-state index contributed by atoms with van der Waals surface area (Å²) in [5, 5.41) is 8.92. The standard InChI is InChI=1S/C16H8F3N/c17-16(18,19)15-9-8-13(14(10-15)11-20)7-6-12-4-2-1-3-5-12/h1-5,8-10H. The number of nitriles is 1. The fourth-order valence-electron chi connectivity index (χ4n) is 1.58. The van der Waals surface area contributed by atoms with Gasteiger partial charge < -0.3 is 0 Å². The van der Waals surface area contributed by atoms with Crippen LogP contribution in [-0.2, 0) is 6.18 Å². The molecule has 0 spiro atoms. The molecule has 20 heavy (non-hydrogen) atoms. The molecule has 0 aliphatic rings. The first kappa shape index (κ1) is 13.7. The largest absolute Gasteiger partial charge is 0.416 e. The fourth-order valence-corrected chi connectivity index (χ4v) is 1.58. The molecule has 0 saturated carbocycles. The summed E-state index contributed by atoms with van der Waals surface area (Å²) < 4.78 is 37.6. The molecule has 98 valence electrons. The summed E-state index contributed by atoms with van der Waals surface area (Å²) in [6.07, 6.45) is -4.46. The predicted molar refractivity (Wildman–Crippen MR) is 68.6 cm³/mol. The van der Waals surface area contributed by atoms with Crippen molar-refractivity contribution in [3.05, 3.63) is 70.8 Å². The van der Waals surface area contributed by atoms with Crippen molar-refractivity contribution in [3.63, 3.8) is 0 Å². The van der Waals surface area contributed by atoms with Gasteiger partial charge in [-0.1, -0.05) is 30.0 Å². The van der Waals surface area contributed by atoms with E-state index in [0.29, 0.717) is 0 Å². The van der Waals surface area contributed by atoms with E-state index in [0.717, 1.165) is 17.7 Å². The normalized spacial score (nSPS) is 10.3. The van der Waals surface area contributed by atoms with Gasteiger partial charge in [-0.15, -0.1) is 0 Å². The highest BCUT2D eigenvalue weighted by Crippen LogP contribution is 2.30. The molecule has 0 fully saturated rings. The number of alkyl halides is 3. The minimum atomic E-state index is -4.46. The Morgan fingerprint density at radius 2 is 1.55 bits per heavy atom. The van der Waals surface area contributed by atoms with Gasteiger partial charge in [-0.05, 0) is 30.3 Å². The van der Waals surface area contributed by atoms with Crippen LogP contribution < -0.4 is 0 Å². The van der Waals surface area contributed by atoms with Gasteiger partial charge in [0, 0.05) is 11.1 Å². The minimum Gasteiger partial charge on any atom is -0.192 e. The number of benzene rings is 2. The Labute approximate surface area is 114 Å². The Balaban J connectivity index is 2.40. The van der Waals surface area contributed by atoms with Crippen LogP contribution in [0.5, 0.6) is 0 Å². The van der Waals surface area contributed by atoms with Crippen LogP contribution in [0.15, 0.2) is 48.5 Å². The van der Waals surface area contributed by atoms with E-state index < -0.39 is 11.7 Å². The summed E-state index contributed by atoms with van der Waals surface area (Å²) in [5.41, 5.74) is 0.0863. The molecule has 0 bridgehead atoms. The van der Waals surface area contributed by atoms with Crippen LogP contribution in [0.1, 0.15) is 22.3 Å². The molecular weight excluding hydrogens is 263 g/mol. The number of halogens is 3. The third-order valence-corrected chi connectivity index (χ3v) is 2.58. The van der Waals surface area contributed by atoms with Crippen molar-refractivity contribution in [1.82, 2.24) is 0 Å². The van der Waals surface area contributed by atoms with Crippen LogP contribution in [0.4, 0.5) is 13.2 Å². The lowest BCUT2D eigenvalue weighted by molar-refractivity contribution is -0.137. The molecule has 2 aromatic carbocycles. The van der Waals surface area contributed by atoms with E-state index in [2.05, 4.69) is 11.8 Å². The summed E-state index contributed by atoms with van der Waals surface area (Å²) in [6.45, 7) is 0. The Morgan fingerprint density at radius 1 is 0.850 bits per heavy atom. The van der Waals surface area contributed by atoms with Crippen molar-refractivity contribution >= 4 is 0 Å². The molecule has 2 aromatic rings. The van der Waals surface area contributed by atoms with Crippen LogP contribution in [0.2, 0.25) is 0 Å². The number of nitrogens with zero attached hydrogens (tertiary/aromatic N) is 1. The summed E-state index contributed by atoms with van der Waals surface area (Å²) in [6, 6.07) is 13.7. The average Bonchev–Trinajstić information content (AvgIpc) is 2.45. The van der Waals surface area contributed by atoms with Crippen LogP contribution in [-0.4, -0.2) is 0 Å². The number of hydrogen-bond donors (Lipinski definition) is 0. The monoisotopic (exact) mass is 271 g/mol. The molecule has 1 nitrogen and oxygen atoms in total. The molecule has 0 aliphatic heterocycles. The van der Waals surface area contributed by atoms with E-state index in [1.54, 1.807) is 18.2 Å². The quantitative estimate of drug-likeness (QED) is 0.665. The third kappa shape index (κ3) is 3.18. The van der Waals surface area contributed by atoms with Gasteiger partial charge in [0.2, 0.25) is 0 Å². The summed E-state index contributed by atoms with van der Waals surface area (Å²) >= 11 is 0. The van der Waals surface area contributed by atoms with E-state index in [-0.39, 0.29) is 11.1 Å². The topological polar surface area (TPSA) is 23.8 Å². The van der Waals surface area contributed by atoms with E-state index in [1.165, 1.54) is 6.07 Å². The molecular formula is C16H8F3N. The Kier molecular flexibility index (Phi) is 3.77. The molecule has 2 rings (SSSR count). The predicted octanol–water partition coefficient (Wildman–Crippen LogP) is 3.98. The van der Waals surface area contributed by atoms with E-state index in [9.17, 15) is 13.2 Å². The van der Waals surface area contributed by atoms with Crippen molar-refractivity contribution in [1.29, 1.82) is 5.26 Å². The summed E-state index contributed by atoms with van der Waals surface area (Å²) in [5.74, 6) is 5.53. The van der Waals surface area contributed by atoms with Gasteiger partial charge >= 0.3 is 6.18 Å². The van der Waals surface area contributed by atoms with E-state index in [1.807, 2.05) is 18.2 Å². The zero-order valence-corrected chi connectivity index (χ0v) is 10.2. The molecule has 0 radical (unpaired) electrons. The molecule has 0 aliphatic carbocycles. The molecule has 0 atom stereocenters. The van der Waals surface area contributed by atoms with Gasteiger partial charge in [0.25, 0.3) is 0 Å². The zero-order valence-electron chi connectivity index (χ0n) is 10.2. The Bertz CT molecular complexity index is 713. The van der Waals surface area contributed by atoms with Crippen LogP contribution in [0.3, 0.4) is 0 Å². The van der Waals surface area contributed by atoms with Crippen molar-refractivity contribution in [2.24, 2.45) is 0 Å². The first-order valence-corrected chi connectivity index (χ1v) is 5.69. The van der Waals surface area contributed by atoms with Crippen molar-refractivity contribution in [2.45, 2.75) is 6.18 Å².